The maximum absolute atomic E-state index is 12.6. The van der Waals surface area contributed by atoms with Gasteiger partial charge in [-0.1, -0.05) is 54.4 Å². The first-order chi connectivity index (χ1) is 15.5. The molecule has 1 aliphatic rings. The second-order valence-corrected chi connectivity index (χ2v) is 8.44. The number of anilines is 1. The first-order valence-electron chi connectivity index (χ1n) is 10.7. The molecule has 6 heteroatoms. The quantitative estimate of drug-likeness (QED) is 0.517. The Balaban J connectivity index is 1.78. The molecule has 0 saturated heterocycles. The number of methoxy groups -OCH3 is 1. The molecule has 2 bridgehead atoms. The summed E-state index contributed by atoms with van der Waals surface area (Å²) in [7, 11) is 1.37. The van der Waals surface area contributed by atoms with Crippen LogP contribution in [-0.2, 0) is 20.7 Å². The lowest BCUT2D eigenvalue weighted by Gasteiger charge is -2.20. The summed E-state index contributed by atoms with van der Waals surface area (Å²) in [4.78, 5) is 28.9. The molecule has 2 aromatic carbocycles. The van der Waals surface area contributed by atoms with E-state index in [0.717, 1.165) is 41.6 Å². The van der Waals surface area contributed by atoms with Gasteiger partial charge in [-0.05, 0) is 47.7 Å². The van der Waals surface area contributed by atoms with Gasteiger partial charge in [0.05, 0.1) is 18.6 Å². The molecule has 1 aromatic heterocycles. The molecule has 1 amide bonds. The summed E-state index contributed by atoms with van der Waals surface area (Å²) in [5.41, 5.74) is 5.56. The summed E-state index contributed by atoms with van der Waals surface area (Å²) >= 11 is 6.05. The molecule has 0 spiro atoms. The Bertz CT molecular complexity index is 1130. The van der Waals surface area contributed by atoms with Gasteiger partial charge in [-0.15, -0.1) is 0 Å². The second-order valence-electron chi connectivity index (χ2n) is 8.01. The molecule has 1 unspecified atom stereocenters. The van der Waals surface area contributed by atoms with Crippen LogP contribution in [0.3, 0.4) is 0 Å². The second kappa shape index (κ2) is 9.96. The third-order valence-electron chi connectivity index (χ3n) is 5.79. The van der Waals surface area contributed by atoms with Gasteiger partial charge in [-0.2, -0.15) is 0 Å². The maximum atomic E-state index is 12.6. The van der Waals surface area contributed by atoms with Crippen molar-refractivity contribution in [1.82, 2.24) is 4.98 Å². The monoisotopic (exact) mass is 448 g/mol. The number of ether oxygens (including phenoxy) is 1. The van der Waals surface area contributed by atoms with Crippen LogP contribution in [0.5, 0.6) is 0 Å². The first kappa shape index (κ1) is 22.0. The van der Waals surface area contributed by atoms with Crippen LogP contribution in [0.2, 0.25) is 5.02 Å². The number of carbonyl (C=O) groups excluding carboxylic acids is 2. The molecule has 4 rings (SSSR count). The Morgan fingerprint density at radius 1 is 1.16 bits per heavy atom. The van der Waals surface area contributed by atoms with Crippen molar-refractivity contribution in [2.24, 2.45) is 0 Å². The molecule has 3 aromatic rings. The van der Waals surface area contributed by atoms with Gasteiger partial charge in [0.15, 0.2) is 0 Å². The lowest BCUT2D eigenvalue weighted by atomic mass is 9.87. The fourth-order valence-electron chi connectivity index (χ4n) is 4.14. The standard InChI is InChI=1S/C26H25ClN2O3/c1-32-26(31)14-17-9-11-22-19-6-4-5-18(15-19)21(23-12-10-20(27)16-28-23)7-2-3-8-25(30)29-24(22)13-17/h4-6,9-13,15-16,21H,2-3,7-8,14H2,1H3,(H,29,30). The van der Waals surface area contributed by atoms with E-state index >= 15 is 0 Å². The number of esters is 1. The van der Waals surface area contributed by atoms with Crippen molar-refractivity contribution in [2.75, 3.05) is 12.4 Å². The van der Waals surface area contributed by atoms with Crippen LogP contribution in [0.4, 0.5) is 5.69 Å². The fourth-order valence-corrected chi connectivity index (χ4v) is 4.26. The summed E-state index contributed by atoms with van der Waals surface area (Å²) in [6.45, 7) is 0. The SMILES string of the molecule is COC(=O)Cc1ccc2c(c1)NC(=O)CCCCC(c1ccc(Cl)cn1)c1cccc-2c1. The third kappa shape index (κ3) is 5.17. The molecule has 0 radical (unpaired) electrons. The van der Waals surface area contributed by atoms with E-state index in [1.165, 1.54) is 12.7 Å². The van der Waals surface area contributed by atoms with Gasteiger partial charge in [-0.3, -0.25) is 14.6 Å². The highest BCUT2D eigenvalue weighted by atomic mass is 35.5. The van der Waals surface area contributed by atoms with Gasteiger partial charge in [0.1, 0.15) is 0 Å². The number of amides is 1. The number of hydrogen-bond acceptors (Lipinski definition) is 4. The van der Waals surface area contributed by atoms with E-state index in [-0.39, 0.29) is 24.2 Å². The Morgan fingerprint density at radius 3 is 2.81 bits per heavy atom. The van der Waals surface area contributed by atoms with Gasteiger partial charge in [0.25, 0.3) is 0 Å². The Hall–Kier alpha value is -3.18. The summed E-state index contributed by atoms with van der Waals surface area (Å²) in [5, 5.41) is 3.66. The third-order valence-corrected chi connectivity index (χ3v) is 6.01. The van der Waals surface area contributed by atoms with Crippen molar-refractivity contribution < 1.29 is 14.3 Å². The van der Waals surface area contributed by atoms with Gasteiger partial charge in [0.2, 0.25) is 5.91 Å². The predicted octanol–water partition coefficient (Wildman–Crippen LogP) is 5.76. The highest BCUT2D eigenvalue weighted by Gasteiger charge is 2.19. The Kier molecular flexibility index (Phi) is 6.86. The van der Waals surface area contributed by atoms with Gasteiger partial charge < -0.3 is 10.1 Å². The molecule has 1 aliphatic heterocycles. The number of nitrogens with one attached hydrogen (secondary N) is 1. The highest BCUT2D eigenvalue weighted by Crippen LogP contribution is 2.35. The van der Waals surface area contributed by atoms with Crippen molar-refractivity contribution in [3.63, 3.8) is 0 Å². The normalized spacial score (nSPS) is 16.2. The van der Waals surface area contributed by atoms with Crippen LogP contribution >= 0.6 is 11.6 Å². The summed E-state index contributed by atoms with van der Waals surface area (Å²) in [5.74, 6) is -0.221. The van der Waals surface area contributed by atoms with Gasteiger partial charge in [0, 0.05) is 35.5 Å². The van der Waals surface area contributed by atoms with E-state index < -0.39 is 0 Å². The maximum Gasteiger partial charge on any atom is 0.309 e. The zero-order valence-corrected chi connectivity index (χ0v) is 18.7. The minimum Gasteiger partial charge on any atom is -0.469 e. The van der Waals surface area contributed by atoms with Crippen LogP contribution < -0.4 is 5.32 Å². The average Bonchev–Trinajstić information content (AvgIpc) is 2.79. The van der Waals surface area contributed by atoms with Gasteiger partial charge in [-0.25, -0.2) is 0 Å². The predicted molar refractivity (Wildman–Crippen MR) is 126 cm³/mol. The molecule has 0 fully saturated rings. The highest BCUT2D eigenvalue weighted by molar-refractivity contribution is 6.30. The molecule has 1 atom stereocenters. The minimum atomic E-state index is -0.315. The van der Waals surface area contributed by atoms with E-state index in [0.29, 0.717) is 17.1 Å². The van der Waals surface area contributed by atoms with E-state index in [2.05, 4.69) is 22.4 Å². The number of carbonyl (C=O) groups is 2. The number of rotatable bonds is 3. The van der Waals surface area contributed by atoms with Crippen LogP contribution in [0.25, 0.3) is 11.1 Å². The van der Waals surface area contributed by atoms with Crippen molar-refractivity contribution in [2.45, 2.75) is 38.0 Å². The molecule has 2 heterocycles. The molecule has 0 saturated carbocycles. The molecule has 0 aliphatic carbocycles. The lowest BCUT2D eigenvalue weighted by molar-refractivity contribution is -0.139. The van der Waals surface area contributed by atoms with Crippen molar-refractivity contribution in [3.8, 4) is 11.1 Å². The van der Waals surface area contributed by atoms with E-state index in [1.54, 1.807) is 6.20 Å². The van der Waals surface area contributed by atoms with Crippen molar-refractivity contribution in [1.29, 1.82) is 0 Å². The number of hydrogen-bond donors (Lipinski definition) is 1. The number of aromatic nitrogens is 1. The van der Waals surface area contributed by atoms with Crippen molar-refractivity contribution in [3.05, 3.63) is 82.6 Å². The first-order valence-corrected chi connectivity index (χ1v) is 11.1. The number of halogens is 1. The molecular formula is C26H25ClN2O3. The Morgan fingerprint density at radius 2 is 2.03 bits per heavy atom. The average molecular weight is 449 g/mol. The molecule has 164 valence electrons. The topological polar surface area (TPSA) is 68.3 Å². The van der Waals surface area contributed by atoms with Crippen LogP contribution in [-0.4, -0.2) is 24.0 Å². The van der Waals surface area contributed by atoms with Crippen LogP contribution in [0, 0.1) is 0 Å². The molecule has 1 N–H and O–H groups in total. The minimum absolute atomic E-state index is 0.0284. The Labute approximate surface area is 192 Å². The van der Waals surface area contributed by atoms with Crippen LogP contribution in [0.1, 0.15) is 48.4 Å². The molecule has 5 nitrogen and oxygen atoms in total. The fraction of sp³-hybridized carbons (Fsp3) is 0.269. The van der Waals surface area contributed by atoms with Crippen molar-refractivity contribution >= 4 is 29.2 Å². The zero-order chi connectivity index (χ0) is 22.5. The van der Waals surface area contributed by atoms with Gasteiger partial charge >= 0.3 is 5.97 Å². The number of nitrogens with zero attached hydrogens (tertiary/aromatic N) is 1. The summed E-state index contributed by atoms with van der Waals surface area (Å²) < 4.78 is 4.79. The number of pyridine rings is 1. The number of benzene rings is 2. The lowest BCUT2D eigenvalue weighted by Crippen LogP contribution is -2.14. The van der Waals surface area contributed by atoms with Crippen LogP contribution in [0.15, 0.2) is 60.8 Å². The molecular weight excluding hydrogens is 424 g/mol. The smallest absolute Gasteiger partial charge is 0.309 e. The zero-order valence-electron chi connectivity index (χ0n) is 17.9. The summed E-state index contributed by atoms with van der Waals surface area (Å²) in [6, 6.07) is 17.9. The number of fused-ring (bicyclic) bond motifs is 4. The summed E-state index contributed by atoms with van der Waals surface area (Å²) in [6.07, 6.45) is 4.87. The van der Waals surface area contributed by atoms with E-state index in [9.17, 15) is 9.59 Å². The molecule has 32 heavy (non-hydrogen) atoms. The van der Waals surface area contributed by atoms with E-state index in [1.807, 2.05) is 42.5 Å². The van der Waals surface area contributed by atoms with E-state index in [4.69, 9.17) is 16.3 Å². The largest absolute Gasteiger partial charge is 0.469 e.